The van der Waals surface area contributed by atoms with E-state index in [2.05, 4.69) is 18.2 Å². The van der Waals surface area contributed by atoms with Gasteiger partial charge in [-0.2, -0.15) is 0 Å². The Hall–Kier alpha value is -1.61. The molecule has 1 N–H and O–H groups in total. The van der Waals surface area contributed by atoms with Crippen molar-refractivity contribution in [2.75, 3.05) is 11.4 Å². The Labute approximate surface area is 143 Å². The number of anilines is 1. The molecule has 1 heterocycles. The third kappa shape index (κ3) is 2.10. The van der Waals surface area contributed by atoms with Gasteiger partial charge in [0.25, 0.3) is 0 Å². The van der Waals surface area contributed by atoms with Crippen LogP contribution in [0.1, 0.15) is 38.2 Å². The molecule has 3 nitrogen and oxygen atoms in total. The van der Waals surface area contributed by atoms with E-state index in [-0.39, 0.29) is 11.8 Å². The molecule has 2 fully saturated rings. The topological polar surface area (TPSA) is 40.5 Å². The molecule has 1 aliphatic heterocycles. The maximum atomic E-state index is 13.4. The highest BCUT2D eigenvalue weighted by Gasteiger charge is 2.51. The molecule has 0 aromatic heterocycles. The molecular weight excluding hydrogens is 298 g/mol. The van der Waals surface area contributed by atoms with Crippen LogP contribution in [0.2, 0.25) is 0 Å². The Bertz CT molecular complexity index is 735. The molecule has 1 aromatic rings. The van der Waals surface area contributed by atoms with Crippen molar-refractivity contribution in [1.82, 2.24) is 0 Å². The highest BCUT2D eigenvalue weighted by atomic mass is 16.3. The summed E-state index contributed by atoms with van der Waals surface area (Å²) in [4.78, 5) is 15.4. The molecule has 0 saturated heterocycles. The Morgan fingerprint density at radius 1 is 1.25 bits per heavy atom. The van der Waals surface area contributed by atoms with Crippen molar-refractivity contribution >= 4 is 11.6 Å². The minimum Gasteiger partial charge on any atom is -0.386 e. The summed E-state index contributed by atoms with van der Waals surface area (Å²) in [5.74, 6) is 2.04. The number of carbonyl (C=O) groups is 1. The number of amides is 1. The number of aliphatic hydroxyl groups is 1. The van der Waals surface area contributed by atoms with Crippen LogP contribution in [0.25, 0.3) is 0 Å². The number of fused-ring (bicyclic) bond motifs is 2. The second-order valence-corrected chi connectivity index (χ2v) is 8.56. The zero-order valence-electron chi connectivity index (χ0n) is 14.2. The van der Waals surface area contributed by atoms with Gasteiger partial charge in [0, 0.05) is 18.2 Å². The number of para-hydroxylation sites is 1. The van der Waals surface area contributed by atoms with E-state index in [0.717, 1.165) is 37.4 Å². The summed E-state index contributed by atoms with van der Waals surface area (Å²) in [6.45, 7) is 2.67. The number of carbonyl (C=O) groups excluding carboxylic acids is 1. The summed E-state index contributed by atoms with van der Waals surface area (Å²) in [7, 11) is 0. The van der Waals surface area contributed by atoms with Gasteiger partial charge >= 0.3 is 0 Å². The van der Waals surface area contributed by atoms with E-state index < -0.39 is 5.60 Å². The molecule has 2 bridgehead atoms. The molecule has 5 atom stereocenters. The lowest BCUT2D eigenvalue weighted by atomic mass is 9.69. The van der Waals surface area contributed by atoms with E-state index in [9.17, 15) is 9.90 Å². The quantitative estimate of drug-likeness (QED) is 0.806. The van der Waals surface area contributed by atoms with E-state index in [1.807, 2.05) is 24.0 Å². The zero-order valence-corrected chi connectivity index (χ0v) is 14.2. The summed E-state index contributed by atoms with van der Waals surface area (Å²) < 4.78 is 0. The monoisotopic (exact) mass is 323 g/mol. The van der Waals surface area contributed by atoms with Gasteiger partial charge in [0.05, 0.1) is 5.60 Å². The molecule has 3 aliphatic carbocycles. The lowest BCUT2D eigenvalue weighted by Crippen LogP contribution is -2.42. The molecular formula is C21H25NO2. The average molecular weight is 323 g/mol. The lowest BCUT2D eigenvalue weighted by molar-refractivity contribution is -0.126. The fraction of sp³-hybridized carbons (Fsp3) is 0.571. The molecule has 4 aliphatic rings. The van der Waals surface area contributed by atoms with Crippen LogP contribution < -0.4 is 4.90 Å². The van der Waals surface area contributed by atoms with Crippen LogP contribution in [0, 0.1) is 23.7 Å². The molecule has 5 rings (SSSR count). The fourth-order valence-electron chi connectivity index (χ4n) is 5.76. The van der Waals surface area contributed by atoms with E-state index in [1.165, 1.54) is 17.6 Å². The fourth-order valence-corrected chi connectivity index (χ4v) is 5.76. The predicted octanol–water partition coefficient (Wildman–Crippen LogP) is 3.32. The standard InChI is InChI=1S/C21H25NO2/c1-21(24)11-16-9-14-8-15(10-17(14)16)18(12-21)20(23)22-7-6-13-4-2-3-5-19(13)22/h2-5,11,14-15,17-18,24H,6-10,12H2,1H3. The van der Waals surface area contributed by atoms with Crippen LogP contribution in [0.4, 0.5) is 5.69 Å². The second-order valence-electron chi connectivity index (χ2n) is 8.56. The predicted molar refractivity (Wildman–Crippen MR) is 93.6 cm³/mol. The Balaban J connectivity index is 1.48. The van der Waals surface area contributed by atoms with Crippen molar-refractivity contribution in [3.05, 3.63) is 41.5 Å². The molecule has 126 valence electrons. The first kappa shape index (κ1) is 14.7. The van der Waals surface area contributed by atoms with Gasteiger partial charge in [-0.15, -0.1) is 0 Å². The molecule has 1 amide bonds. The minimum atomic E-state index is -0.846. The molecule has 0 spiro atoms. The molecule has 5 unspecified atom stereocenters. The highest BCUT2D eigenvalue weighted by Crippen LogP contribution is 2.57. The summed E-state index contributed by atoms with van der Waals surface area (Å²) >= 11 is 0. The van der Waals surface area contributed by atoms with Crippen molar-refractivity contribution in [1.29, 1.82) is 0 Å². The third-order valence-corrected chi connectivity index (χ3v) is 6.87. The minimum absolute atomic E-state index is 0.0467. The van der Waals surface area contributed by atoms with Gasteiger partial charge in [-0.1, -0.05) is 29.8 Å². The number of hydrogen-bond acceptors (Lipinski definition) is 2. The van der Waals surface area contributed by atoms with Gasteiger partial charge in [-0.05, 0) is 68.4 Å². The number of nitrogens with zero attached hydrogens (tertiary/aromatic N) is 1. The number of allylic oxidation sites excluding steroid dienone is 1. The van der Waals surface area contributed by atoms with Crippen molar-refractivity contribution in [2.24, 2.45) is 23.7 Å². The largest absolute Gasteiger partial charge is 0.386 e. The first-order valence-corrected chi connectivity index (χ1v) is 9.35. The summed E-state index contributed by atoms with van der Waals surface area (Å²) in [5.41, 5.74) is 2.96. The van der Waals surface area contributed by atoms with Gasteiger partial charge in [-0.3, -0.25) is 4.79 Å². The molecule has 24 heavy (non-hydrogen) atoms. The van der Waals surface area contributed by atoms with Crippen molar-refractivity contribution in [2.45, 2.75) is 44.6 Å². The van der Waals surface area contributed by atoms with Gasteiger partial charge < -0.3 is 10.0 Å². The zero-order chi connectivity index (χ0) is 16.5. The maximum absolute atomic E-state index is 13.4. The summed E-state index contributed by atoms with van der Waals surface area (Å²) in [6.07, 6.45) is 7.06. The van der Waals surface area contributed by atoms with Crippen molar-refractivity contribution < 1.29 is 9.90 Å². The number of hydrogen-bond donors (Lipinski definition) is 1. The van der Waals surface area contributed by atoms with E-state index in [1.54, 1.807) is 0 Å². The van der Waals surface area contributed by atoms with Crippen LogP contribution in [-0.2, 0) is 11.2 Å². The lowest BCUT2D eigenvalue weighted by Gasteiger charge is -2.38. The molecule has 0 radical (unpaired) electrons. The Morgan fingerprint density at radius 2 is 2.08 bits per heavy atom. The van der Waals surface area contributed by atoms with Gasteiger partial charge in [0.15, 0.2) is 0 Å². The van der Waals surface area contributed by atoms with Crippen molar-refractivity contribution in [3.63, 3.8) is 0 Å². The molecule has 2 saturated carbocycles. The van der Waals surface area contributed by atoms with Crippen LogP contribution in [0.15, 0.2) is 35.9 Å². The molecule has 1 aromatic carbocycles. The van der Waals surface area contributed by atoms with Crippen LogP contribution in [0.3, 0.4) is 0 Å². The van der Waals surface area contributed by atoms with Crippen LogP contribution >= 0.6 is 0 Å². The molecule has 3 heteroatoms. The summed E-state index contributed by atoms with van der Waals surface area (Å²) in [5, 5.41) is 10.8. The first-order valence-electron chi connectivity index (χ1n) is 9.35. The Kier molecular flexibility index (Phi) is 3.03. The third-order valence-electron chi connectivity index (χ3n) is 6.87. The smallest absolute Gasteiger partial charge is 0.230 e. The number of rotatable bonds is 1. The van der Waals surface area contributed by atoms with E-state index >= 15 is 0 Å². The van der Waals surface area contributed by atoms with Crippen LogP contribution in [0.5, 0.6) is 0 Å². The van der Waals surface area contributed by atoms with E-state index in [0.29, 0.717) is 18.3 Å². The first-order chi connectivity index (χ1) is 11.5. The normalized spacial score (nSPS) is 39.6. The van der Waals surface area contributed by atoms with Gasteiger partial charge in [-0.25, -0.2) is 0 Å². The highest BCUT2D eigenvalue weighted by molar-refractivity contribution is 5.97. The van der Waals surface area contributed by atoms with Crippen molar-refractivity contribution in [3.8, 4) is 0 Å². The van der Waals surface area contributed by atoms with Gasteiger partial charge in [0.1, 0.15) is 0 Å². The summed E-state index contributed by atoms with van der Waals surface area (Å²) in [6, 6.07) is 8.26. The van der Waals surface area contributed by atoms with Crippen LogP contribution in [-0.4, -0.2) is 23.2 Å². The average Bonchev–Trinajstić information content (AvgIpc) is 3.12. The second kappa shape index (κ2) is 4.95. The van der Waals surface area contributed by atoms with Gasteiger partial charge in [0.2, 0.25) is 5.91 Å². The maximum Gasteiger partial charge on any atom is 0.230 e. The Morgan fingerprint density at radius 3 is 2.96 bits per heavy atom. The SMILES string of the molecule is CC1(O)C=C2CC3CC(CC23)C(C(=O)N2CCc3ccccc32)C1. The number of benzene rings is 1. The van der Waals surface area contributed by atoms with E-state index in [4.69, 9.17) is 0 Å².